The molecule has 2 aromatic rings. The molecular weight excluding hydrogens is 324 g/mol. The Hall–Kier alpha value is -2.05. The molecule has 2 aromatic carbocycles. The number of rotatable bonds is 4. The summed E-state index contributed by atoms with van der Waals surface area (Å²) in [6.45, 7) is 0. The summed E-state index contributed by atoms with van der Waals surface area (Å²) < 4.78 is 24.1. The summed E-state index contributed by atoms with van der Waals surface area (Å²) in [5, 5.41) is 3.15. The second-order valence-corrected chi connectivity index (χ2v) is 7.13. The summed E-state index contributed by atoms with van der Waals surface area (Å²) in [5.41, 5.74) is 1.41. The molecule has 0 aliphatic rings. The molecule has 1 N–H and O–H groups in total. The van der Waals surface area contributed by atoms with Crippen LogP contribution in [0.15, 0.2) is 48.5 Å². The monoisotopic (exact) mass is 338 g/mol. The zero-order valence-corrected chi connectivity index (χ0v) is 13.6. The standard InChI is InChI=1S/C15H15ClN2O3S/c1-18(22(2,20)21)12-9-7-11(8-10-12)15(19)17-14-6-4-3-5-13(14)16/h3-10H,1-2H3,(H,17,19). The molecule has 116 valence electrons. The molecule has 0 spiro atoms. The number of benzene rings is 2. The number of anilines is 2. The molecule has 5 nitrogen and oxygen atoms in total. The van der Waals surface area contributed by atoms with E-state index < -0.39 is 10.0 Å². The van der Waals surface area contributed by atoms with Gasteiger partial charge in [-0.05, 0) is 36.4 Å². The minimum Gasteiger partial charge on any atom is -0.321 e. The third-order valence-electron chi connectivity index (χ3n) is 3.11. The fourth-order valence-corrected chi connectivity index (χ4v) is 2.46. The lowest BCUT2D eigenvalue weighted by molar-refractivity contribution is 0.102. The van der Waals surface area contributed by atoms with Crippen LogP contribution in [-0.2, 0) is 10.0 Å². The van der Waals surface area contributed by atoms with Crippen molar-refractivity contribution < 1.29 is 13.2 Å². The molecule has 0 radical (unpaired) electrons. The molecule has 0 aliphatic carbocycles. The van der Waals surface area contributed by atoms with Crippen LogP contribution in [0.5, 0.6) is 0 Å². The van der Waals surface area contributed by atoms with Crippen LogP contribution in [0.25, 0.3) is 0 Å². The lowest BCUT2D eigenvalue weighted by Gasteiger charge is -2.16. The van der Waals surface area contributed by atoms with Crippen LogP contribution in [-0.4, -0.2) is 27.6 Å². The number of carbonyl (C=O) groups is 1. The third-order valence-corrected chi connectivity index (χ3v) is 4.65. The Balaban J connectivity index is 2.17. The molecule has 0 atom stereocenters. The van der Waals surface area contributed by atoms with Crippen molar-refractivity contribution in [2.75, 3.05) is 22.9 Å². The molecule has 0 aliphatic heterocycles. The minimum atomic E-state index is -3.33. The van der Waals surface area contributed by atoms with Crippen molar-refractivity contribution in [3.05, 3.63) is 59.1 Å². The van der Waals surface area contributed by atoms with Gasteiger partial charge in [-0.3, -0.25) is 9.10 Å². The fourth-order valence-electron chi connectivity index (χ4n) is 1.77. The maximum Gasteiger partial charge on any atom is 0.255 e. The molecule has 22 heavy (non-hydrogen) atoms. The Kier molecular flexibility index (Phi) is 4.73. The first-order valence-corrected chi connectivity index (χ1v) is 8.61. The van der Waals surface area contributed by atoms with Crippen LogP contribution >= 0.6 is 11.6 Å². The van der Waals surface area contributed by atoms with Gasteiger partial charge in [0.2, 0.25) is 10.0 Å². The van der Waals surface area contributed by atoms with Gasteiger partial charge < -0.3 is 5.32 Å². The van der Waals surface area contributed by atoms with Gasteiger partial charge in [0.1, 0.15) is 0 Å². The Bertz CT molecular complexity index is 789. The molecule has 0 heterocycles. The average molecular weight is 339 g/mol. The number of carbonyl (C=O) groups excluding carboxylic acids is 1. The van der Waals surface area contributed by atoms with Gasteiger partial charge in [0.25, 0.3) is 5.91 Å². The van der Waals surface area contributed by atoms with E-state index in [9.17, 15) is 13.2 Å². The van der Waals surface area contributed by atoms with Gasteiger partial charge in [0.05, 0.1) is 22.7 Å². The van der Waals surface area contributed by atoms with Crippen molar-refractivity contribution in [3.63, 3.8) is 0 Å². The summed E-state index contributed by atoms with van der Waals surface area (Å²) in [6, 6.07) is 13.2. The van der Waals surface area contributed by atoms with Gasteiger partial charge in [-0.25, -0.2) is 8.42 Å². The highest BCUT2D eigenvalue weighted by atomic mass is 35.5. The van der Waals surface area contributed by atoms with Gasteiger partial charge >= 0.3 is 0 Å². The Morgan fingerprint density at radius 2 is 1.68 bits per heavy atom. The fraction of sp³-hybridized carbons (Fsp3) is 0.133. The zero-order valence-electron chi connectivity index (χ0n) is 12.1. The van der Waals surface area contributed by atoms with E-state index in [2.05, 4.69) is 5.32 Å². The van der Waals surface area contributed by atoms with Crippen LogP contribution in [0, 0.1) is 0 Å². The van der Waals surface area contributed by atoms with E-state index >= 15 is 0 Å². The van der Waals surface area contributed by atoms with Gasteiger partial charge in [0.15, 0.2) is 0 Å². The summed E-state index contributed by atoms with van der Waals surface area (Å²) in [4.78, 5) is 12.1. The number of hydrogen-bond donors (Lipinski definition) is 1. The van der Waals surface area contributed by atoms with Crippen LogP contribution in [0.2, 0.25) is 5.02 Å². The molecule has 0 unspecified atom stereocenters. The first-order chi connectivity index (χ1) is 10.3. The number of sulfonamides is 1. The predicted molar refractivity (Wildman–Crippen MR) is 89.1 cm³/mol. The van der Waals surface area contributed by atoms with Gasteiger partial charge in [-0.15, -0.1) is 0 Å². The van der Waals surface area contributed by atoms with Crippen LogP contribution in [0.1, 0.15) is 10.4 Å². The predicted octanol–water partition coefficient (Wildman–Crippen LogP) is 2.99. The van der Waals surface area contributed by atoms with E-state index in [1.165, 1.54) is 7.05 Å². The molecule has 0 fully saturated rings. The van der Waals surface area contributed by atoms with Crippen molar-refractivity contribution in [1.29, 1.82) is 0 Å². The van der Waals surface area contributed by atoms with E-state index in [-0.39, 0.29) is 5.91 Å². The molecule has 0 bridgehead atoms. The average Bonchev–Trinajstić information content (AvgIpc) is 2.48. The van der Waals surface area contributed by atoms with Gasteiger partial charge in [-0.1, -0.05) is 23.7 Å². The first kappa shape index (κ1) is 16.3. The van der Waals surface area contributed by atoms with Crippen molar-refractivity contribution in [2.24, 2.45) is 0 Å². The number of nitrogens with one attached hydrogen (secondary N) is 1. The van der Waals surface area contributed by atoms with Crippen LogP contribution < -0.4 is 9.62 Å². The molecule has 7 heteroatoms. The minimum absolute atomic E-state index is 0.318. The number of nitrogens with zero attached hydrogens (tertiary/aromatic N) is 1. The Morgan fingerprint density at radius 1 is 1.09 bits per heavy atom. The highest BCUT2D eigenvalue weighted by Crippen LogP contribution is 2.22. The highest BCUT2D eigenvalue weighted by Gasteiger charge is 2.13. The SMILES string of the molecule is CN(c1ccc(C(=O)Nc2ccccc2Cl)cc1)S(C)(=O)=O. The normalized spacial score (nSPS) is 11.0. The second-order valence-electron chi connectivity index (χ2n) is 4.71. The van der Waals surface area contributed by atoms with Crippen molar-refractivity contribution in [1.82, 2.24) is 0 Å². The number of halogens is 1. The molecule has 0 aromatic heterocycles. The first-order valence-electron chi connectivity index (χ1n) is 6.39. The number of hydrogen-bond acceptors (Lipinski definition) is 3. The topological polar surface area (TPSA) is 66.5 Å². The molecule has 2 rings (SSSR count). The number of amides is 1. The maximum absolute atomic E-state index is 12.1. The summed E-state index contributed by atoms with van der Waals surface area (Å²) in [6.07, 6.45) is 1.12. The lowest BCUT2D eigenvalue weighted by atomic mass is 10.2. The molecule has 1 amide bonds. The third kappa shape index (κ3) is 3.78. The van der Waals surface area contributed by atoms with Crippen LogP contribution in [0.3, 0.4) is 0 Å². The summed E-state index contributed by atoms with van der Waals surface area (Å²) in [5.74, 6) is -0.318. The number of para-hydroxylation sites is 1. The Morgan fingerprint density at radius 3 is 2.23 bits per heavy atom. The molecule has 0 saturated carbocycles. The van der Waals surface area contributed by atoms with E-state index in [1.807, 2.05) is 0 Å². The largest absolute Gasteiger partial charge is 0.321 e. The Labute approximate surface area is 134 Å². The zero-order chi connectivity index (χ0) is 16.3. The molecule has 0 saturated heterocycles. The maximum atomic E-state index is 12.1. The van der Waals surface area contributed by atoms with Gasteiger partial charge in [-0.2, -0.15) is 0 Å². The summed E-state index contributed by atoms with van der Waals surface area (Å²) >= 11 is 5.98. The van der Waals surface area contributed by atoms with E-state index in [0.29, 0.717) is 22.0 Å². The summed E-state index contributed by atoms with van der Waals surface area (Å²) in [7, 11) is -1.88. The second kappa shape index (κ2) is 6.37. The molecular formula is C15H15ClN2O3S. The van der Waals surface area contributed by atoms with E-state index in [1.54, 1.807) is 48.5 Å². The van der Waals surface area contributed by atoms with Crippen molar-refractivity contribution in [2.45, 2.75) is 0 Å². The van der Waals surface area contributed by atoms with E-state index in [4.69, 9.17) is 11.6 Å². The highest BCUT2D eigenvalue weighted by molar-refractivity contribution is 7.92. The van der Waals surface area contributed by atoms with Gasteiger partial charge in [0, 0.05) is 12.6 Å². The van der Waals surface area contributed by atoms with Crippen molar-refractivity contribution in [3.8, 4) is 0 Å². The van der Waals surface area contributed by atoms with E-state index in [0.717, 1.165) is 10.6 Å². The van der Waals surface area contributed by atoms with Crippen molar-refractivity contribution >= 4 is 38.9 Å². The smallest absolute Gasteiger partial charge is 0.255 e. The van der Waals surface area contributed by atoms with Crippen LogP contribution in [0.4, 0.5) is 11.4 Å². The quantitative estimate of drug-likeness (QED) is 0.932. The lowest BCUT2D eigenvalue weighted by Crippen LogP contribution is -2.24.